The summed E-state index contributed by atoms with van der Waals surface area (Å²) < 4.78 is 0. The fourth-order valence-corrected chi connectivity index (χ4v) is 2.15. The van der Waals surface area contributed by atoms with Gasteiger partial charge in [-0.2, -0.15) is 5.75 Å². The summed E-state index contributed by atoms with van der Waals surface area (Å²) >= 11 is 4.92. The van der Waals surface area contributed by atoms with Crippen LogP contribution in [0, 0.1) is 0 Å². The zero-order valence-corrected chi connectivity index (χ0v) is 11.4. The standard InChI is InChI=1S/C14H30S/c1-2-3-4-5-6-7-8-9-10-11-12-13-14-15/h15H,2-14H2,1H3/p-1. The van der Waals surface area contributed by atoms with E-state index in [1.54, 1.807) is 0 Å². The summed E-state index contributed by atoms with van der Waals surface area (Å²) in [4.78, 5) is 0. The molecule has 0 N–H and O–H groups in total. The third kappa shape index (κ3) is 14.4. The van der Waals surface area contributed by atoms with E-state index >= 15 is 0 Å². The van der Waals surface area contributed by atoms with Crippen LogP contribution in [-0.2, 0) is 12.6 Å². The van der Waals surface area contributed by atoms with Gasteiger partial charge in [-0.15, -0.1) is 0 Å². The van der Waals surface area contributed by atoms with Crippen LogP contribution in [0.1, 0.15) is 84.0 Å². The average Bonchev–Trinajstić information content (AvgIpc) is 2.26. The summed E-state index contributed by atoms with van der Waals surface area (Å²) in [5.74, 6) is 0.956. The van der Waals surface area contributed by atoms with E-state index in [1.165, 1.54) is 77.0 Å². The molecular weight excluding hydrogens is 200 g/mol. The predicted molar refractivity (Wildman–Crippen MR) is 73.3 cm³/mol. The van der Waals surface area contributed by atoms with Crippen LogP contribution in [0.5, 0.6) is 0 Å². The highest BCUT2D eigenvalue weighted by Gasteiger charge is 1.91. The summed E-state index contributed by atoms with van der Waals surface area (Å²) in [5.41, 5.74) is 0. The van der Waals surface area contributed by atoms with Gasteiger partial charge in [0.25, 0.3) is 0 Å². The van der Waals surface area contributed by atoms with Gasteiger partial charge in [0.1, 0.15) is 0 Å². The molecule has 1 heteroatoms. The topological polar surface area (TPSA) is 0 Å². The smallest absolute Gasteiger partial charge is 0.0533 e. The zero-order chi connectivity index (χ0) is 11.2. The van der Waals surface area contributed by atoms with Crippen LogP contribution in [0.4, 0.5) is 0 Å². The molecule has 92 valence electrons. The van der Waals surface area contributed by atoms with Gasteiger partial charge >= 0.3 is 0 Å². The van der Waals surface area contributed by atoms with Gasteiger partial charge in [0.05, 0.1) is 0 Å². The molecule has 15 heavy (non-hydrogen) atoms. The Balaban J connectivity index is 2.81. The van der Waals surface area contributed by atoms with Crippen molar-refractivity contribution in [3.63, 3.8) is 0 Å². The van der Waals surface area contributed by atoms with Gasteiger partial charge in [-0.05, 0) is 0 Å². The predicted octanol–water partition coefficient (Wildman–Crippen LogP) is 5.23. The lowest BCUT2D eigenvalue weighted by molar-refractivity contribution is 0.548. The fraction of sp³-hybridized carbons (Fsp3) is 1.00. The minimum absolute atomic E-state index is 0.956. The van der Waals surface area contributed by atoms with Gasteiger partial charge in [0.2, 0.25) is 0 Å². The van der Waals surface area contributed by atoms with E-state index < -0.39 is 0 Å². The van der Waals surface area contributed by atoms with E-state index in [0.29, 0.717) is 0 Å². The van der Waals surface area contributed by atoms with Crippen molar-refractivity contribution in [2.75, 3.05) is 5.75 Å². The Morgan fingerprint density at radius 3 is 1.20 bits per heavy atom. The second kappa shape index (κ2) is 14.3. The van der Waals surface area contributed by atoms with Crippen LogP contribution >= 0.6 is 0 Å². The first kappa shape index (κ1) is 15.3. The lowest BCUT2D eigenvalue weighted by atomic mass is 10.1. The highest BCUT2D eigenvalue weighted by Crippen LogP contribution is 2.11. The molecule has 0 aromatic carbocycles. The highest BCUT2D eigenvalue weighted by molar-refractivity contribution is 7.58. The Morgan fingerprint density at radius 2 is 0.867 bits per heavy atom. The molecular formula is C14H29S-. The van der Waals surface area contributed by atoms with E-state index in [1.807, 2.05) is 0 Å². The number of unbranched alkanes of at least 4 members (excludes halogenated alkanes) is 11. The SMILES string of the molecule is CCCCCCCCCCCCCC[S-]. The second-order valence-electron chi connectivity index (χ2n) is 4.59. The van der Waals surface area contributed by atoms with Gasteiger partial charge in [-0.1, -0.05) is 84.0 Å². The van der Waals surface area contributed by atoms with E-state index in [-0.39, 0.29) is 0 Å². The van der Waals surface area contributed by atoms with Gasteiger partial charge < -0.3 is 12.6 Å². The summed E-state index contributed by atoms with van der Waals surface area (Å²) in [6, 6.07) is 0. The minimum Gasteiger partial charge on any atom is -0.793 e. The Bertz CT molecular complexity index is 89.5. The molecule has 0 rings (SSSR count). The van der Waals surface area contributed by atoms with Gasteiger partial charge in [0, 0.05) is 0 Å². The van der Waals surface area contributed by atoms with Crippen LogP contribution in [0.2, 0.25) is 0 Å². The molecule has 0 aromatic heterocycles. The average molecular weight is 229 g/mol. The normalized spacial score (nSPS) is 10.8. The second-order valence-corrected chi connectivity index (χ2v) is 5.00. The largest absolute Gasteiger partial charge is 0.793 e. The molecule has 0 aliphatic heterocycles. The fourth-order valence-electron chi connectivity index (χ4n) is 1.94. The maximum absolute atomic E-state index is 4.92. The Kier molecular flexibility index (Phi) is 14.7. The van der Waals surface area contributed by atoms with Crippen molar-refractivity contribution in [1.82, 2.24) is 0 Å². The van der Waals surface area contributed by atoms with Crippen molar-refractivity contribution < 1.29 is 0 Å². The van der Waals surface area contributed by atoms with Crippen molar-refractivity contribution in [2.45, 2.75) is 84.0 Å². The summed E-state index contributed by atoms with van der Waals surface area (Å²) in [7, 11) is 0. The van der Waals surface area contributed by atoms with E-state index in [4.69, 9.17) is 12.6 Å². The molecule has 0 nitrogen and oxygen atoms in total. The van der Waals surface area contributed by atoms with Crippen molar-refractivity contribution in [1.29, 1.82) is 0 Å². The quantitative estimate of drug-likeness (QED) is 0.326. The number of hydrogen-bond donors (Lipinski definition) is 0. The molecule has 0 fully saturated rings. The molecule has 0 bridgehead atoms. The van der Waals surface area contributed by atoms with Gasteiger partial charge in [0.15, 0.2) is 0 Å². The van der Waals surface area contributed by atoms with Crippen LogP contribution < -0.4 is 0 Å². The van der Waals surface area contributed by atoms with Crippen LogP contribution in [-0.4, -0.2) is 5.75 Å². The van der Waals surface area contributed by atoms with Crippen molar-refractivity contribution in [3.05, 3.63) is 0 Å². The number of rotatable bonds is 12. The first-order valence-corrected chi connectivity index (χ1v) is 7.57. The maximum atomic E-state index is 4.92. The third-order valence-electron chi connectivity index (χ3n) is 3.00. The van der Waals surface area contributed by atoms with Crippen molar-refractivity contribution >= 4 is 12.6 Å². The third-order valence-corrected chi connectivity index (χ3v) is 3.29. The van der Waals surface area contributed by atoms with Gasteiger partial charge in [-0.25, -0.2) is 0 Å². The van der Waals surface area contributed by atoms with Crippen LogP contribution in [0.25, 0.3) is 0 Å². The molecule has 0 saturated carbocycles. The van der Waals surface area contributed by atoms with E-state index in [9.17, 15) is 0 Å². The first-order chi connectivity index (χ1) is 7.41. The zero-order valence-electron chi connectivity index (χ0n) is 10.6. The monoisotopic (exact) mass is 229 g/mol. The minimum atomic E-state index is 0.956. The first-order valence-electron chi connectivity index (χ1n) is 7.00. The molecule has 0 spiro atoms. The lowest BCUT2D eigenvalue weighted by Gasteiger charge is -2.03. The van der Waals surface area contributed by atoms with Crippen LogP contribution in [0.15, 0.2) is 0 Å². The van der Waals surface area contributed by atoms with Gasteiger partial charge in [-0.3, -0.25) is 0 Å². The molecule has 0 amide bonds. The molecule has 0 aliphatic rings. The van der Waals surface area contributed by atoms with Crippen molar-refractivity contribution in [3.8, 4) is 0 Å². The molecule has 0 saturated heterocycles. The Morgan fingerprint density at radius 1 is 0.533 bits per heavy atom. The summed E-state index contributed by atoms with van der Waals surface area (Å²) in [5, 5.41) is 0. The Hall–Kier alpha value is 0.350. The molecule has 0 unspecified atom stereocenters. The highest BCUT2D eigenvalue weighted by atomic mass is 32.1. The van der Waals surface area contributed by atoms with Crippen molar-refractivity contribution in [2.24, 2.45) is 0 Å². The van der Waals surface area contributed by atoms with E-state index in [0.717, 1.165) is 5.75 Å². The number of hydrogen-bond acceptors (Lipinski definition) is 1. The Labute approximate surface area is 103 Å². The maximum Gasteiger partial charge on any atom is -0.0533 e. The molecule has 0 atom stereocenters. The van der Waals surface area contributed by atoms with Crippen LogP contribution in [0.3, 0.4) is 0 Å². The van der Waals surface area contributed by atoms with E-state index in [2.05, 4.69) is 6.92 Å². The summed E-state index contributed by atoms with van der Waals surface area (Å²) in [6.07, 6.45) is 17.0. The molecule has 0 heterocycles. The lowest BCUT2D eigenvalue weighted by Crippen LogP contribution is -1.83. The molecule has 0 radical (unpaired) electrons. The summed E-state index contributed by atoms with van der Waals surface area (Å²) in [6.45, 7) is 2.28. The molecule has 0 aliphatic carbocycles. The molecule has 0 aromatic rings.